The number of phenolic OH excluding ortho intramolecular Hbond substituents is 1. The number of aryl methyl sites for hydroxylation is 1. The summed E-state index contributed by atoms with van der Waals surface area (Å²) >= 11 is 0. The Hall–Kier alpha value is -1.26. The summed E-state index contributed by atoms with van der Waals surface area (Å²) in [5.41, 5.74) is 1.06. The van der Waals surface area contributed by atoms with Gasteiger partial charge in [0.25, 0.3) is 0 Å². The molecule has 4 atom stereocenters. The molecule has 0 radical (unpaired) electrons. The van der Waals surface area contributed by atoms with Crippen LogP contribution < -0.4 is 4.74 Å². The standard InChI is InChI=1S/C22H31NO3/c1-14-8-9-17(24)20-19(14)21-11-12-23(13-16-5-3-6-16)15(2)22(21,25)10-4-7-18(21)26-20/h8-9,15-16,18,24-25H,3-7,10-13H2,1-2H3. The summed E-state index contributed by atoms with van der Waals surface area (Å²) in [5.74, 6) is 1.67. The van der Waals surface area contributed by atoms with Crippen molar-refractivity contribution in [1.29, 1.82) is 0 Å². The lowest BCUT2D eigenvalue weighted by molar-refractivity contribution is -0.177. The van der Waals surface area contributed by atoms with E-state index in [4.69, 9.17) is 4.74 Å². The number of nitrogens with zero attached hydrogens (tertiary/aromatic N) is 1. The summed E-state index contributed by atoms with van der Waals surface area (Å²) in [6.07, 6.45) is 7.72. The van der Waals surface area contributed by atoms with Gasteiger partial charge >= 0.3 is 0 Å². The minimum atomic E-state index is -0.790. The van der Waals surface area contributed by atoms with Crippen LogP contribution in [0.15, 0.2) is 12.1 Å². The molecule has 3 fully saturated rings. The summed E-state index contributed by atoms with van der Waals surface area (Å²) in [6, 6.07) is 3.83. The smallest absolute Gasteiger partial charge is 0.165 e. The van der Waals surface area contributed by atoms with Crippen molar-refractivity contribution in [2.45, 2.75) is 82.0 Å². The molecule has 2 aliphatic carbocycles. The van der Waals surface area contributed by atoms with Crippen molar-refractivity contribution in [2.24, 2.45) is 5.92 Å². The normalized spacial score (nSPS) is 39.5. The Labute approximate surface area is 156 Å². The summed E-state index contributed by atoms with van der Waals surface area (Å²) in [7, 11) is 0. The Morgan fingerprint density at radius 2 is 2.00 bits per heavy atom. The minimum absolute atomic E-state index is 0.0171. The molecule has 0 bridgehead atoms. The van der Waals surface area contributed by atoms with Gasteiger partial charge in [0, 0.05) is 18.2 Å². The van der Waals surface area contributed by atoms with E-state index >= 15 is 0 Å². The van der Waals surface area contributed by atoms with Gasteiger partial charge in [-0.3, -0.25) is 4.90 Å². The largest absolute Gasteiger partial charge is 0.504 e. The van der Waals surface area contributed by atoms with Gasteiger partial charge in [-0.2, -0.15) is 0 Å². The van der Waals surface area contributed by atoms with Crippen molar-refractivity contribution < 1.29 is 14.9 Å². The quantitative estimate of drug-likeness (QED) is 0.850. The zero-order valence-corrected chi connectivity index (χ0v) is 16.0. The molecule has 2 N–H and O–H groups in total. The van der Waals surface area contributed by atoms with Crippen molar-refractivity contribution in [3.8, 4) is 11.5 Å². The number of benzene rings is 1. The average Bonchev–Trinajstić information content (AvgIpc) is 2.93. The Kier molecular flexibility index (Phi) is 3.65. The van der Waals surface area contributed by atoms with Crippen molar-refractivity contribution in [3.63, 3.8) is 0 Å². The number of ether oxygens (including phenoxy) is 1. The van der Waals surface area contributed by atoms with Gasteiger partial charge in [-0.1, -0.05) is 12.5 Å². The molecule has 1 aromatic rings. The highest BCUT2D eigenvalue weighted by molar-refractivity contribution is 5.59. The van der Waals surface area contributed by atoms with E-state index in [2.05, 4.69) is 18.7 Å². The topological polar surface area (TPSA) is 52.9 Å². The number of fused-ring (bicyclic) bond motifs is 1. The number of rotatable bonds is 2. The molecule has 2 heterocycles. The maximum absolute atomic E-state index is 12.2. The van der Waals surface area contributed by atoms with E-state index < -0.39 is 5.60 Å². The first-order valence-corrected chi connectivity index (χ1v) is 10.4. The fourth-order valence-corrected chi connectivity index (χ4v) is 6.48. The molecule has 2 saturated carbocycles. The van der Waals surface area contributed by atoms with Crippen molar-refractivity contribution in [3.05, 3.63) is 23.3 Å². The highest BCUT2D eigenvalue weighted by atomic mass is 16.5. The van der Waals surface area contributed by atoms with Gasteiger partial charge < -0.3 is 14.9 Å². The number of aromatic hydroxyl groups is 1. The van der Waals surface area contributed by atoms with Crippen LogP contribution in [0.3, 0.4) is 0 Å². The van der Waals surface area contributed by atoms with E-state index in [1.54, 1.807) is 6.07 Å². The third-order valence-corrected chi connectivity index (χ3v) is 8.15. The maximum Gasteiger partial charge on any atom is 0.165 e. The van der Waals surface area contributed by atoms with Gasteiger partial charge in [0.05, 0.1) is 11.0 Å². The van der Waals surface area contributed by atoms with Crippen LogP contribution in [0.25, 0.3) is 0 Å². The number of piperidine rings is 1. The molecule has 0 aromatic heterocycles. The highest BCUT2D eigenvalue weighted by Gasteiger charge is 2.68. The monoisotopic (exact) mass is 357 g/mol. The third kappa shape index (κ3) is 1.98. The Morgan fingerprint density at radius 3 is 2.73 bits per heavy atom. The van der Waals surface area contributed by atoms with Crippen molar-refractivity contribution in [2.75, 3.05) is 13.1 Å². The Balaban J connectivity index is 1.59. The van der Waals surface area contributed by atoms with Crippen LogP contribution >= 0.6 is 0 Å². The Morgan fingerprint density at radius 1 is 1.19 bits per heavy atom. The van der Waals surface area contributed by atoms with Crippen LogP contribution in [-0.4, -0.2) is 45.9 Å². The molecule has 2 aliphatic heterocycles. The minimum Gasteiger partial charge on any atom is -0.504 e. The molecule has 1 aromatic carbocycles. The van der Waals surface area contributed by atoms with E-state index in [-0.39, 0.29) is 23.3 Å². The van der Waals surface area contributed by atoms with Crippen molar-refractivity contribution in [1.82, 2.24) is 4.90 Å². The number of hydrogen-bond acceptors (Lipinski definition) is 4. The summed E-state index contributed by atoms with van der Waals surface area (Å²) in [5, 5.41) is 22.6. The van der Waals surface area contributed by atoms with Gasteiger partial charge in [-0.05, 0) is 76.5 Å². The molecular weight excluding hydrogens is 326 g/mol. The van der Waals surface area contributed by atoms with Crippen LogP contribution in [-0.2, 0) is 5.41 Å². The number of aliphatic hydroxyl groups is 1. The second kappa shape index (κ2) is 5.62. The summed E-state index contributed by atoms with van der Waals surface area (Å²) in [6.45, 7) is 6.45. The summed E-state index contributed by atoms with van der Waals surface area (Å²) < 4.78 is 6.32. The zero-order chi connectivity index (χ0) is 18.1. The molecule has 0 amide bonds. The van der Waals surface area contributed by atoms with Crippen LogP contribution in [0.2, 0.25) is 0 Å². The molecule has 4 aliphatic rings. The fourth-order valence-electron chi connectivity index (χ4n) is 6.48. The van der Waals surface area contributed by atoms with Crippen LogP contribution in [0, 0.1) is 12.8 Å². The van der Waals surface area contributed by atoms with E-state index in [0.717, 1.165) is 55.8 Å². The van der Waals surface area contributed by atoms with Crippen LogP contribution in [0.4, 0.5) is 0 Å². The molecular formula is C22H31NO3. The van der Waals surface area contributed by atoms with Crippen LogP contribution in [0.5, 0.6) is 11.5 Å². The predicted octanol–water partition coefficient (Wildman–Crippen LogP) is 3.51. The van der Waals surface area contributed by atoms with Gasteiger partial charge in [-0.15, -0.1) is 0 Å². The number of likely N-dealkylation sites (tertiary alicyclic amines) is 1. The average molecular weight is 357 g/mol. The van der Waals surface area contributed by atoms with Crippen LogP contribution in [0.1, 0.15) is 63.0 Å². The second-order valence-electron chi connectivity index (χ2n) is 9.22. The fraction of sp³-hybridized carbons (Fsp3) is 0.727. The molecule has 4 heteroatoms. The lowest BCUT2D eigenvalue weighted by Crippen LogP contribution is -2.72. The third-order valence-electron chi connectivity index (χ3n) is 8.15. The van der Waals surface area contributed by atoms with Gasteiger partial charge in [0.15, 0.2) is 11.5 Å². The maximum atomic E-state index is 12.2. The van der Waals surface area contributed by atoms with E-state index in [1.165, 1.54) is 19.3 Å². The molecule has 5 rings (SSSR count). The van der Waals surface area contributed by atoms with Gasteiger partial charge in [-0.25, -0.2) is 0 Å². The van der Waals surface area contributed by atoms with E-state index in [0.29, 0.717) is 5.75 Å². The SMILES string of the molecule is Cc1ccc(O)c2c1C13CCN(CC4CCC4)C(C)C1(O)CCCC3O2. The Bertz CT molecular complexity index is 730. The first kappa shape index (κ1) is 16.9. The first-order valence-electron chi connectivity index (χ1n) is 10.4. The first-order chi connectivity index (χ1) is 12.5. The number of phenols is 1. The van der Waals surface area contributed by atoms with Gasteiger partial charge in [0.1, 0.15) is 6.10 Å². The lowest BCUT2D eigenvalue weighted by Gasteiger charge is -2.60. The molecule has 26 heavy (non-hydrogen) atoms. The van der Waals surface area contributed by atoms with E-state index in [9.17, 15) is 10.2 Å². The van der Waals surface area contributed by atoms with Crippen molar-refractivity contribution >= 4 is 0 Å². The molecule has 1 saturated heterocycles. The van der Waals surface area contributed by atoms with E-state index in [1.807, 2.05) is 6.07 Å². The molecule has 4 unspecified atom stereocenters. The highest BCUT2D eigenvalue weighted by Crippen LogP contribution is 2.62. The predicted molar refractivity (Wildman–Crippen MR) is 101 cm³/mol. The van der Waals surface area contributed by atoms with Gasteiger partial charge in [0.2, 0.25) is 0 Å². The number of hydrogen-bond donors (Lipinski definition) is 2. The molecule has 142 valence electrons. The second-order valence-corrected chi connectivity index (χ2v) is 9.22. The molecule has 4 nitrogen and oxygen atoms in total. The summed E-state index contributed by atoms with van der Waals surface area (Å²) in [4.78, 5) is 2.54. The zero-order valence-electron chi connectivity index (χ0n) is 16.0. The lowest BCUT2D eigenvalue weighted by atomic mass is 9.52. The molecule has 1 spiro atoms.